The number of carbonyl (C=O) groups excluding carboxylic acids is 4. The van der Waals surface area contributed by atoms with Crippen molar-refractivity contribution in [1.29, 1.82) is 0 Å². The molecule has 0 radical (unpaired) electrons. The Morgan fingerprint density at radius 2 is 1.62 bits per heavy atom. The zero-order valence-corrected chi connectivity index (χ0v) is 16.5. The van der Waals surface area contributed by atoms with Crippen molar-refractivity contribution < 1.29 is 23.6 Å². The number of amides is 3. The molecule has 0 spiro atoms. The Kier molecular flexibility index (Phi) is 6.30. The first-order valence-electron chi connectivity index (χ1n) is 8.69. The van der Waals surface area contributed by atoms with Gasteiger partial charge >= 0.3 is 0 Å². The Labute approximate surface area is 175 Å². The van der Waals surface area contributed by atoms with Gasteiger partial charge in [-0.2, -0.15) is 5.01 Å². The average molecular weight is 437 g/mol. The smallest absolute Gasteiger partial charge is 0.274 e. The number of benzene rings is 2. The number of carbonyl (C=O) groups is 4. The van der Waals surface area contributed by atoms with Crippen LogP contribution in [-0.4, -0.2) is 40.1 Å². The molecule has 0 bridgehead atoms. The number of hydrazine groups is 1. The van der Waals surface area contributed by atoms with Crippen LogP contribution in [0.15, 0.2) is 42.5 Å². The van der Waals surface area contributed by atoms with Gasteiger partial charge in [0.05, 0.1) is 10.6 Å². The van der Waals surface area contributed by atoms with Gasteiger partial charge < -0.3 is 0 Å². The summed E-state index contributed by atoms with van der Waals surface area (Å²) in [6.07, 6.45) is 0.493. The van der Waals surface area contributed by atoms with E-state index in [0.717, 1.165) is 17.1 Å². The summed E-state index contributed by atoms with van der Waals surface area (Å²) in [7, 11) is 0. The molecule has 3 amide bonds. The van der Waals surface area contributed by atoms with E-state index < -0.39 is 35.9 Å². The van der Waals surface area contributed by atoms with Crippen molar-refractivity contribution in [3.05, 3.63) is 69.5 Å². The lowest BCUT2D eigenvalue weighted by Gasteiger charge is -2.35. The highest BCUT2D eigenvalue weighted by molar-refractivity contribution is 6.36. The predicted octanol–water partition coefficient (Wildman–Crippen LogP) is 3.91. The molecule has 0 N–H and O–H groups in total. The van der Waals surface area contributed by atoms with E-state index in [2.05, 4.69) is 0 Å². The van der Waals surface area contributed by atoms with Crippen LogP contribution in [0.2, 0.25) is 10.0 Å². The van der Waals surface area contributed by atoms with Crippen molar-refractivity contribution in [1.82, 2.24) is 10.0 Å². The number of Topliss-reactive ketones (excluding diaryl/α,β-unsaturated/α-hetero) is 1. The Morgan fingerprint density at radius 1 is 1.00 bits per heavy atom. The molecule has 2 aromatic rings. The molecule has 0 unspecified atom stereocenters. The summed E-state index contributed by atoms with van der Waals surface area (Å²) >= 11 is 12.0. The average Bonchev–Trinajstić information content (AvgIpc) is 2.67. The third kappa shape index (κ3) is 4.63. The number of ketones is 1. The number of piperidine rings is 1. The normalized spacial score (nSPS) is 14.1. The molecule has 0 saturated carbocycles. The molecule has 0 atom stereocenters. The maximum Gasteiger partial charge on any atom is 0.274 e. The predicted molar refractivity (Wildman–Crippen MR) is 104 cm³/mol. The van der Waals surface area contributed by atoms with Gasteiger partial charge in [0, 0.05) is 23.4 Å². The highest BCUT2D eigenvalue weighted by atomic mass is 35.5. The number of hydrogen-bond acceptors (Lipinski definition) is 4. The summed E-state index contributed by atoms with van der Waals surface area (Å²) in [6, 6.07) is 8.85. The molecule has 1 saturated heterocycles. The minimum Gasteiger partial charge on any atom is -0.292 e. The van der Waals surface area contributed by atoms with Gasteiger partial charge in [-0.05, 0) is 48.9 Å². The van der Waals surface area contributed by atoms with Crippen molar-refractivity contribution >= 4 is 46.7 Å². The molecule has 1 aliphatic heterocycles. The van der Waals surface area contributed by atoms with E-state index in [4.69, 9.17) is 23.2 Å². The topological polar surface area (TPSA) is 74.8 Å². The van der Waals surface area contributed by atoms with E-state index in [9.17, 15) is 23.6 Å². The monoisotopic (exact) mass is 436 g/mol. The summed E-state index contributed by atoms with van der Waals surface area (Å²) in [5.41, 5.74) is 0.109. The zero-order valence-electron chi connectivity index (χ0n) is 15.0. The Hall–Kier alpha value is -2.77. The Morgan fingerprint density at radius 3 is 2.21 bits per heavy atom. The van der Waals surface area contributed by atoms with Crippen molar-refractivity contribution in [2.24, 2.45) is 0 Å². The summed E-state index contributed by atoms with van der Waals surface area (Å²) in [6.45, 7) is -0.596. The highest BCUT2D eigenvalue weighted by Gasteiger charge is 2.36. The first-order valence-corrected chi connectivity index (χ1v) is 9.45. The molecule has 0 aliphatic carbocycles. The maximum absolute atomic E-state index is 13.1. The van der Waals surface area contributed by atoms with Crippen LogP contribution in [0.4, 0.5) is 4.39 Å². The standard InChI is InChI=1S/C20H15Cl2FN2O4/c21-13-6-9-15(16(22)10-13)20(29)24(25-18(27)2-1-3-19(25)28)11-17(26)12-4-7-14(23)8-5-12/h4-10H,1-3,11H2. The minimum absolute atomic E-state index is 0.0126. The van der Waals surface area contributed by atoms with Crippen molar-refractivity contribution in [3.8, 4) is 0 Å². The molecule has 1 aliphatic rings. The second-order valence-corrected chi connectivity index (χ2v) is 7.21. The van der Waals surface area contributed by atoms with Gasteiger partial charge in [-0.3, -0.25) is 19.2 Å². The van der Waals surface area contributed by atoms with Crippen LogP contribution in [0.5, 0.6) is 0 Å². The first kappa shape index (κ1) is 21.0. The second kappa shape index (κ2) is 8.71. The fraction of sp³-hybridized carbons (Fsp3) is 0.200. The maximum atomic E-state index is 13.1. The third-order valence-electron chi connectivity index (χ3n) is 4.35. The van der Waals surface area contributed by atoms with E-state index in [1.807, 2.05) is 0 Å². The fourth-order valence-electron chi connectivity index (χ4n) is 2.91. The molecule has 2 aromatic carbocycles. The summed E-state index contributed by atoms with van der Waals surface area (Å²) < 4.78 is 13.1. The van der Waals surface area contributed by atoms with Crippen LogP contribution in [0.25, 0.3) is 0 Å². The molecular weight excluding hydrogens is 422 g/mol. The number of nitrogens with zero attached hydrogens (tertiary/aromatic N) is 2. The Bertz CT molecular complexity index is 978. The van der Waals surface area contributed by atoms with Crippen LogP contribution < -0.4 is 0 Å². The largest absolute Gasteiger partial charge is 0.292 e. The zero-order chi connectivity index (χ0) is 21.1. The minimum atomic E-state index is -0.800. The van der Waals surface area contributed by atoms with Gasteiger partial charge in [0.2, 0.25) is 11.8 Å². The van der Waals surface area contributed by atoms with E-state index in [0.29, 0.717) is 16.5 Å². The number of imide groups is 1. The molecular formula is C20H15Cl2FN2O4. The van der Waals surface area contributed by atoms with Crippen LogP contribution in [0, 0.1) is 5.82 Å². The molecule has 150 valence electrons. The van der Waals surface area contributed by atoms with Crippen LogP contribution in [-0.2, 0) is 9.59 Å². The van der Waals surface area contributed by atoms with Gasteiger partial charge in [0.15, 0.2) is 5.78 Å². The van der Waals surface area contributed by atoms with Gasteiger partial charge in [0.25, 0.3) is 5.91 Å². The van der Waals surface area contributed by atoms with Gasteiger partial charge in [0.1, 0.15) is 12.4 Å². The summed E-state index contributed by atoms with van der Waals surface area (Å²) in [5, 5.41) is 1.78. The summed E-state index contributed by atoms with van der Waals surface area (Å²) in [5.74, 6) is -3.08. The van der Waals surface area contributed by atoms with E-state index in [1.165, 1.54) is 30.3 Å². The van der Waals surface area contributed by atoms with E-state index in [1.54, 1.807) is 0 Å². The number of rotatable bonds is 5. The van der Waals surface area contributed by atoms with E-state index in [-0.39, 0.29) is 29.0 Å². The molecule has 3 rings (SSSR count). The lowest BCUT2D eigenvalue weighted by molar-refractivity contribution is -0.162. The lowest BCUT2D eigenvalue weighted by atomic mass is 10.1. The third-order valence-corrected chi connectivity index (χ3v) is 4.90. The highest BCUT2D eigenvalue weighted by Crippen LogP contribution is 2.25. The lowest BCUT2D eigenvalue weighted by Crippen LogP contribution is -2.56. The molecule has 9 heteroatoms. The van der Waals surface area contributed by atoms with E-state index >= 15 is 0 Å². The van der Waals surface area contributed by atoms with Crippen LogP contribution in [0.1, 0.15) is 40.0 Å². The second-order valence-electron chi connectivity index (χ2n) is 6.37. The van der Waals surface area contributed by atoms with Gasteiger partial charge in [-0.25, -0.2) is 9.40 Å². The SMILES string of the molecule is O=C(CN(C(=O)c1ccc(Cl)cc1Cl)N1C(=O)CCCC1=O)c1ccc(F)cc1. The molecule has 1 heterocycles. The van der Waals surface area contributed by atoms with Crippen molar-refractivity contribution in [3.63, 3.8) is 0 Å². The number of halogens is 3. The van der Waals surface area contributed by atoms with Crippen LogP contribution >= 0.6 is 23.2 Å². The molecule has 29 heavy (non-hydrogen) atoms. The molecule has 1 fully saturated rings. The quantitative estimate of drug-likeness (QED) is 0.525. The Balaban J connectivity index is 1.97. The molecule has 6 nitrogen and oxygen atoms in total. The van der Waals surface area contributed by atoms with Gasteiger partial charge in [-0.15, -0.1) is 0 Å². The van der Waals surface area contributed by atoms with Crippen molar-refractivity contribution in [2.75, 3.05) is 6.54 Å². The van der Waals surface area contributed by atoms with Crippen LogP contribution in [0.3, 0.4) is 0 Å². The van der Waals surface area contributed by atoms with Crippen molar-refractivity contribution in [2.45, 2.75) is 19.3 Å². The first-order chi connectivity index (χ1) is 13.8. The summed E-state index contributed by atoms with van der Waals surface area (Å²) in [4.78, 5) is 50.6. The van der Waals surface area contributed by atoms with Gasteiger partial charge in [-0.1, -0.05) is 23.2 Å². The fourth-order valence-corrected chi connectivity index (χ4v) is 3.40. The number of hydrogen-bond donors (Lipinski definition) is 0. The molecule has 0 aromatic heterocycles.